The number of amides is 1. The zero-order valence-corrected chi connectivity index (χ0v) is 16.8. The lowest BCUT2D eigenvalue weighted by molar-refractivity contribution is -0.117. The number of nitrogens with zero attached hydrogens (tertiary/aromatic N) is 4. The highest BCUT2D eigenvalue weighted by atomic mass is 32.2. The van der Waals surface area contributed by atoms with E-state index in [9.17, 15) is 4.79 Å². The van der Waals surface area contributed by atoms with E-state index < -0.39 is 5.25 Å². The predicted octanol–water partition coefficient (Wildman–Crippen LogP) is 4.12. The normalized spacial score (nSPS) is 15.0. The molecule has 3 aromatic rings. The van der Waals surface area contributed by atoms with Crippen molar-refractivity contribution in [1.82, 2.24) is 19.7 Å². The number of hydrogen-bond acceptors (Lipinski definition) is 5. The predicted molar refractivity (Wildman–Crippen MR) is 110 cm³/mol. The highest BCUT2D eigenvalue weighted by molar-refractivity contribution is 8.00. The molecule has 1 saturated carbocycles. The first-order valence-corrected chi connectivity index (χ1v) is 10.3. The van der Waals surface area contributed by atoms with E-state index in [-0.39, 0.29) is 5.91 Å². The van der Waals surface area contributed by atoms with Gasteiger partial charge in [-0.3, -0.25) is 14.3 Å². The van der Waals surface area contributed by atoms with Gasteiger partial charge in [-0.1, -0.05) is 49.9 Å². The molecule has 0 radical (unpaired) electrons. The molecule has 0 aliphatic heterocycles. The maximum Gasteiger partial charge on any atom is 0.235 e. The van der Waals surface area contributed by atoms with Crippen molar-refractivity contribution in [3.05, 3.63) is 59.9 Å². The second kappa shape index (κ2) is 7.75. The third-order valence-corrected chi connectivity index (χ3v) is 6.13. The molecule has 1 fully saturated rings. The fourth-order valence-electron chi connectivity index (χ4n) is 3.17. The first-order chi connectivity index (χ1) is 13.5. The standard InChI is InChI=1S/C21H23N5OS/c1-13(2)14-3-5-15(6-4-14)18(19(22)27)28-21-25-24-20(26(21)17-7-8-17)16-9-11-23-12-10-16/h3-6,9-13,17-18H,7-8H2,1-2H3,(H2,22,27). The Labute approximate surface area is 168 Å². The lowest BCUT2D eigenvalue weighted by Crippen LogP contribution is -2.19. The van der Waals surface area contributed by atoms with E-state index in [1.807, 2.05) is 24.3 Å². The Balaban J connectivity index is 1.66. The van der Waals surface area contributed by atoms with Gasteiger partial charge in [0.2, 0.25) is 5.91 Å². The monoisotopic (exact) mass is 393 g/mol. The molecule has 1 aromatic carbocycles. The molecule has 7 heteroatoms. The number of rotatable bonds is 7. The summed E-state index contributed by atoms with van der Waals surface area (Å²) in [6, 6.07) is 12.3. The third-order valence-electron chi connectivity index (χ3n) is 4.90. The van der Waals surface area contributed by atoms with Crippen LogP contribution in [0.4, 0.5) is 0 Å². The highest BCUT2D eigenvalue weighted by Crippen LogP contribution is 2.44. The van der Waals surface area contributed by atoms with Gasteiger partial charge in [0.1, 0.15) is 5.25 Å². The number of thioether (sulfide) groups is 1. The van der Waals surface area contributed by atoms with Crippen LogP contribution in [0.5, 0.6) is 0 Å². The molecule has 4 rings (SSSR count). The van der Waals surface area contributed by atoms with Gasteiger partial charge in [0.05, 0.1) is 0 Å². The van der Waals surface area contributed by atoms with Crippen LogP contribution in [-0.2, 0) is 4.79 Å². The molecule has 0 saturated heterocycles. The molecule has 1 aliphatic rings. The Morgan fingerprint density at radius 2 is 1.71 bits per heavy atom. The highest BCUT2D eigenvalue weighted by Gasteiger charge is 2.32. The van der Waals surface area contributed by atoms with E-state index in [0.29, 0.717) is 12.0 Å². The van der Waals surface area contributed by atoms with Gasteiger partial charge in [-0.05, 0) is 42.0 Å². The Kier molecular flexibility index (Phi) is 5.17. The molecule has 0 spiro atoms. The fourth-order valence-corrected chi connectivity index (χ4v) is 4.23. The van der Waals surface area contributed by atoms with Crippen molar-refractivity contribution in [2.45, 2.75) is 49.1 Å². The van der Waals surface area contributed by atoms with Crippen LogP contribution in [0.1, 0.15) is 55.0 Å². The Hall–Kier alpha value is -2.67. The van der Waals surface area contributed by atoms with E-state index in [4.69, 9.17) is 5.73 Å². The first-order valence-electron chi connectivity index (χ1n) is 9.45. The van der Waals surface area contributed by atoms with E-state index >= 15 is 0 Å². The van der Waals surface area contributed by atoms with Crippen LogP contribution in [0.2, 0.25) is 0 Å². The van der Waals surface area contributed by atoms with Gasteiger partial charge >= 0.3 is 0 Å². The van der Waals surface area contributed by atoms with Crippen molar-refractivity contribution in [2.24, 2.45) is 5.73 Å². The Bertz CT molecular complexity index is 964. The summed E-state index contributed by atoms with van der Waals surface area (Å²) in [7, 11) is 0. The minimum Gasteiger partial charge on any atom is -0.368 e. The van der Waals surface area contributed by atoms with Crippen LogP contribution >= 0.6 is 11.8 Å². The zero-order chi connectivity index (χ0) is 19.7. The van der Waals surface area contributed by atoms with Crippen molar-refractivity contribution in [3.63, 3.8) is 0 Å². The molecule has 0 bridgehead atoms. The van der Waals surface area contributed by atoms with Gasteiger partial charge < -0.3 is 5.73 Å². The van der Waals surface area contributed by atoms with Crippen molar-refractivity contribution in [3.8, 4) is 11.4 Å². The average Bonchev–Trinajstić information content (AvgIpc) is 3.46. The quantitative estimate of drug-likeness (QED) is 0.610. The minimum absolute atomic E-state index is 0.373. The van der Waals surface area contributed by atoms with Gasteiger partial charge in [-0.25, -0.2) is 0 Å². The SMILES string of the molecule is CC(C)c1ccc(C(Sc2nnc(-c3ccncc3)n2C2CC2)C(N)=O)cc1. The van der Waals surface area contributed by atoms with Crippen molar-refractivity contribution >= 4 is 17.7 Å². The van der Waals surface area contributed by atoms with E-state index in [2.05, 4.69) is 45.7 Å². The molecular formula is C21H23N5OS. The van der Waals surface area contributed by atoms with Crippen LogP contribution in [0, 0.1) is 0 Å². The molecule has 2 heterocycles. The number of hydrogen-bond donors (Lipinski definition) is 1. The van der Waals surface area contributed by atoms with E-state index in [0.717, 1.165) is 34.9 Å². The fraction of sp³-hybridized carbons (Fsp3) is 0.333. The number of nitrogens with two attached hydrogens (primary N) is 1. The maximum absolute atomic E-state index is 12.2. The number of aromatic nitrogens is 4. The number of carbonyl (C=O) groups excluding carboxylic acids is 1. The minimum atomic E-state index is -0.506. The molecule has 2 N–H and O–H groups in total. The van der Waals surface area contributed by atoms with Crippen LogP contribution in [0.3, 0.4) is 0 Å². The zero-order valence-electron chi connectivity index (χ0n) is 15.9. The number of primary amides is 1. The van der Waals surface area contributed by atoms with Gasteiger partial charge in [-0.15, -0.1) is 10.2 Å². The average molecular weight is 394 g/mol. The van der Waals surface area contributed by atoms with Crippen LogP contribution < -0.4 is 5.73 Å². The Morgan fingerprint density at radius 1 is 1.07 bits per heavy atom. The second-order valence-electron chi connectivity index (χ2n) is 7.36. The summed E-state index contributed by atoms with van der Waals surface area (Å²) in [5, 5.41) is 9.02. The summed E-state index contributed by atoms with van der Waals surface area (Å²) in [5.41, 5.74) is 8.84. The summed E-state index contributed by atoms with van der Waals surface area (Å²) in [6.07, 6.45) is 5.68. The van der Waals surface area contributed by atoms with E-state index in [1.165, 1.54) is 17.3 Å². The molecule has 6 nitrogen and oxygen atoms in total. The van der Waals surface area contributed by atoms with Crippen LogP contribution in [0.15, 0.2) is 53.9 Å². The topological polar surface area (TPSA) is 86.7 Å². The number of benzene rings is 1. The number of carbonyl (C=O) groups is 1. The molecule has 1 aliphatic carbocycles. The number of pyridine rings is 1. The third kappa shape index (κ3) is 3.80. The molecule has 1 unspecified atom stereocenters. The summed E-state index contributed by atoms with van der Waals surface area (Å²) in [4.78, 5) is 16.3. The van der Waals surface area contributed by atoms with Crippen LogP contribution in [0.25, 0.3) is 11.4 Å². The summed E-state index contributed by atoms with van der Waals surface area (Å²) >= 11 is 1.37. The lowest BCUT2D eigenvalue weighted by Gasteiger charge is -2.15. The van der Waals surface area contributed by atoms with Crippen molar-refractivity contribution in [1.29, 1.82) is 0 Å². The molecule has 1 amide bonds. The summed E-state index contributed by atoms with van der Waals surface area (Å²) in [5.74, 6) is 0.874. The largest absolute Gasteiger partial charge is 0.368 e. The smallest absolute Gasteiger partial charge is 0.235 e. The maximum atomic E-state index is 12.2. The molecular weight excluding hydrogens is 370 g/mol. The summed E-state index contributed by atoms with van der Waals surface area (Å²) in [6.45, 7) is 4.29. The van der Waals surface area contributed by atoms with Gasteiger partial charge in [-0.2, -0.15) is 0 Å². The van der Waals surface area contributed by atoms with Gasteiger partial charge in [0, 0.05) is 24.0 Å². The Morgan fingerprint density at radius 3 is 2.29 bits per heavy atom. The van der Waals surface area contributed by atoms with Crippen molar-refractivity contribution < 1.29 is 4.79 Å². The lowest BCUT2D eigenvalue weighted by atomic mass is 10.0. The summed E-state index contributed by atoms with van der Waals surface area (Å²) < 4.78 is 2.14. The first kappa shape index (κ1) is 18.7. The molecule has 28 heavy (non-hydrogen) atoms. The van der Waals surface area contributed by atoms with Crippen LogP contribution in [-0.4, -0.2) is 25.7 Å². The molecule has 144 valence electrons. The molecule has 1 atom stereocenters. The van der Waals surface area contributed by atoms with E-state index in [1.54, 1.807) is 12.4 Å². The molecule has 2 aromatic heterocycles. The second-order valence-corrected chi connectivity index (χ2v) is 8.44. The van der Waals surface area contributed by atoms with Crippen molar-refractivity contribution in [2.75, 3.05) is 0 Å². The van der Waals surface area contributed by atoms with Gasteiger partial charge in [0.15, 0.2) is 11.0 Å². The van der Waals surface area contributed by atoms with Gasteiger partial charge in [0.25, 0.3) is 0 Å².